The summed E-state index contributed by atoms with van der Waals surface area (Å²) in [5.41, 5.74) is 0. The third-order valence-electron chi connectivity index (χ3n) is 2.19. The summed E-state index contributed by atoms with van der Waals surface area (Å²) in [5, 5.41) is 19.5. The van der Waals surface area contributed by atoms with Crippen molar-refractivity contribution in [2.45, 2.75) is 31.5 Å². The highest BCUT2D eigenvalue weighted by Crippen LogP contribution is 2.29. The molecule has 2 nitrogen and oxygen atoms in total. The third kappa shape index (κ3) is 1.71. The molecule has 1 aliphatic rings. The van der Waals surface area contributed by atoms with Crippen LogP contribution in [0.15, 0.2) is 0 Å². The van der Waals surface area contributed by atoms with Gasteiger partial charge in [0.15, 0.2) is 0 Å². The Balaban J connectivity index is 2.38. The van der Waals surface area contributed by atoms with Crippen LogP contribution in [0.3, 0.4) is 0 Å². The molecule has 2 N–H and O–H groups in total. The van der Waals surface area contributed by atoms with Crippen molar-refractivity contribution in [2.24, 2.45) is 5.92 Å². The Bertz CT molecular complexity index is 97.8. The standard InChI is InChI=1S/C7H13BrO2/c8-4-3-5-6(9)1-2-7(5)10/h5-7,9-10H,1-4H2. The highest BCUT2D eigenvalue weighted by atomic mass is 79.9. The van der Waals surface area contributed by atoms with Crippen molar-refractivity contribution in [2.75, 3.05) is 5.33 Å². The van der Waals surface area contributed by atoms with E-state index in [2.05, 4.69) is 15.9 Å². The molecule has 2 unspecified atom stereocenters. The molecule has 0 bridgehead atoms. The summed E-state index contributed by atoms with van der Waals surface area (Å²) in [6, 6.07) is 0. The van der Waals surface area contributed by atoms with Gasteiger partial charge in [0.25, 0.3) is 0 Å². The van der Waals surface area contributed by atoms with E-state index in [0.29, 0.717) is 0 Å². The molecular formula is C7H13BrO2. The van der Waals surface area contributed by atoms with Gasteiger partial charge in [-0.15, -0.1) is 0 Å². The number of hydrogen-bond acceptors (Lipinski definition) is 2. The van der Waals surface area contributed by atoms with E-state index in [4.69, 9.17) is 0 Å². The molecule has 0 aromatic heterocycles. The fraction of sp³-hybridized carbons (Fsp3) is 1.00. The fourth-order valence-electron chi connectivity index (χ4n) is 1.54. The minimum atomic E-state index is -0.271. The van der Waals surface area contributed by atoms with E-state index in [-0.39, 0.29) is 18.1 Å². The van der Waals surface area contributed by atoms with Gasteiger partial charge in [-0.3, -0.25) is 0 Å². The molecule has 0 radical (unpaired) electrons. The van der Waals surface area contributed by atoms with Gasteiger partial charge in [0, 0.05) is 11.2 Å². The van der Waals surface area contributed by atoms with Gasteiger partial charge in [-0.2, -0.15) is 0 Å². The van der Waals surface area contributed by atoms with E-state index < -0.39 is 0 Å². The lowest BCUT2D eigenvalue weighted by molar-refractivity contribution is 0.0644. The summed E-state index contributed by atoms with van der Waals surface area (Å²) in [6.45, 7) is 0. The molecule has 1 rings (SSSR count). The zero-order valence-electron chi connectivity index (χ0n) is 5.83. The van der Waals surface area contributed by atoms with Crippen molar-refractivity contribution in [1.29, 1.82) is 0 Å². The van der Waals surface area contributed by atoms with Gasteiger partial charge in [0.1, 0.15) is 0 Å². The maximum atomic E-state index is 9.31. The van der Waals surface area contributed by atoms with E-state index in [1.54, 1.807) is 0 Å². The van der Waals surface area contributed by atoms with E-state index in [1.165, 1.54) is 0 Å². The summed E-state index contributed by atoms with van der Waals surface area (Å²) in [7, 11) is 0. The number of alkyl halides is 1. The molecule has 2 atom stereocenters. The van der Waals surface area contributed by atoms with Crippen LogP contribution >= 0.6 is 15.9 Å². The summed E-state index contributed by atoms with van der Waals surface area (Å²) < 4.78 is 0. The molecule has 1 aliphatic carbocycles. The van der Waals surface area contributed by atoms with Gasteiger partial charge in [0.2, 0.25) is 0 Å². The average molecular weight is 209 g/mol. The Labute approximate surface area is 69.4 Å². The largest absolute Gasteiger partial charge is 0.393 e. The molecule has 0 aliphatic heterocycles. The predicted molar refractivity (Wildman–Crippen MR) is 43.1 cm³/mol. The van der Waals surface area contributed by atoms with Gasteiger partial charge < -0.3 is 10.2 Å². The Hall–Kier alpha value is 0.400. The second-order valence-electron chi connectivity index (χ2n) is 2.85. The molecule has 0 aromatic rings. The van der Waals surface area contributed by atoms with E-state index in [1.807, 2.05) is 0 Å². The lowest BCUT2D eigenvalue weighted by Crippen LogP contribution is -2.22. The van der Waals surface area contributed by atoms with Gasteiger partial charge in [-0.1, -0.05) is 15.9 Å². The Morgan fingerprint density at radius 2 is 1.70 bits per heavy atom. The summed E-state index contributed by atoms with van der Waals surface area (Å²) >= 11 is 3.29. The van der Waals surface area contributed by atoms with Crippen molar-refractivity contribution in [3.8, 4) is 0 Å². The van der Waals surface area contributed by atoms with Crippen LogP contribution in [-0.4, -0.2) is 27.8 Å². The third-order valence-corrected chi connectivity index (χ3v) is 2.65. The number of hydrogen-bond donors (Lipinski definition) is 2. The van der Waals surface area contributed by atoms with Crippen LogP contribution < -0.4 is 0 Å². The average Bonchev–Trinajstić information content (AvgIpc) is 2.20. The first-order valence-electron chi connectivity index (χ1n) is 3.68. The van der Waals surface area contributed by atoms with Gasteiger partial charge in [0.05, 0.1) is 12.2 Å². The molecule has 0 aromatic carbocycles. The van der Waals surface area contributed by atoms with Gasteiger partial charge in [-0.05, 0) is 19.3 Å². The first kappa shape index (κ1) is 8.50. The van der Waals surface area contributed by atoms with Crippen LogP contribution in [0.4, 0.5) is 0 Å². The molecule has 3 heteroatoms. The number of rotatable bonds is 2. The maximum Gasteiger partial charge on any atom is 0.0594 e. The Morgan fingerprint density at radius 3 is 2.10 bits per heavy atom. The lowest BCUT2D eigenvalue weighted by Gasteiger charge is -2.15. The summed E-state index contributed by atoms with van der Waals surface area (Å²) in [4.78, 5) is 0. The second-order valence-corrected chi connectivity index (χ2v) is 3.65. The molecule has 1 fully saturated rings. The van der Waals surface area contributed by atoms with E-state index in [9.17, 15) is 10.2 Å². The molecule has 60 valence electrons. The Morgan fingerprint density at radius 1 is 1.20 bits per heavy atom. The minimum Gasteiger partial charge on any atom is -0.393 e. The monoisotopic (exact) mass is 208 g/mol. The van der Waals surface area contributed by atoms with Gasteiger partial charge in [-0.25, -0.2) is 0 Å². The maximum absolute atomic E-state index is 9.31. The molecular weight excluding hydrogens is 196 g/mol. The molecule has 0 saturated heterocycles. The van der Waals surface area contributed by atoms with Crippen molar-refractivity contribution in [3.63, 3.8) is 0 Å². The number of halogens is 1. The highest BCUT2D eigenvalue weighted by molar-refractivity contribution is 9.09. The SMILES string of the molecule is OC1CCC(O)C1CCBr. The first-order chi connectivity index (χ1) is 4.75. The van der Waals surface area contributed by atoms with Gasteiger partial charge >= 0.3 is 0 Å². The molecule has 0 amide bonds. The van der Waals surface area contributed by atoms with Crippen molar-refractivity contribution in [1.82, 2.24) is 0 Å². The summed E-state index contributed by atoms with van der Waals surface area (Å²) in [5.74, 6) is 0.111. The zero-order valence-corrected chi connectivity index (χ0v) is 7.42. The second kappa shape index (κ2) is 3.69. The van der Waals surface area contributed by atoms with Crippen LogP contribution in [0.25, 0.3) is 0 Å². The topological polar surface area (TPSA) is 40.5 Å². The van der Waals surface area contributed by atoms with Crippen LogP contribution in [0.5, 0.6) is 0 Å². The number of aliphatic hydroxyl groups is 2. The molecule has 0 heterocycles. The quantitative estimate of drug-likeness (QED) is 0.663. The van der Waals surface area contributed by atoms with Crippen molar-refractivity contribution in [3.05, 3.63) is 0 Å². The first-order valence-corrected chi connectivity index (χ1v) is 4.80. The van der Waals surface area contributed by atoms with E-state index in [0.717, 1.165) is 24.6 Å². The lowest BCUT2D eigenvalue weighted by atomic mass is 10.0. The Kier molecular flexibility index (Phi) is 3.14. The number of aliphatic hydroxyl groups excluding tert-OH is 2. The van der Waals surface area contributed by atoms with E-state index >= 15 is 0 Å². The zero-order chi connectivity index (χ0) is 7.56. The van der Waals surface area contributed by atoms with Crippen LogP contribution in [-0.2, 0) is 0 Å². The van der Waals surface area contributed by atoms with Crippen LogP contribution in [0, 0.1) is 5.92 Å². The molecule has 1 saturated carbocycles. The minimum absolute atomic E-state index is 0.111. The highest BCUT2D eigenvalue weighted by Gasteiger charge is 2.32. The van der Waals surface area contributed by atoms with Crippen LogP contribution in [0.1, 0.15) is 19.3 Å². The van der Waals surface area contributed by atoms with Crippen molar-refractivity contribution >= 4 is 15.9 Å². The predicted octanol–water partition coefficient (Wildman–Crippen LogP) is 0.903. The normalized spacial score (nSPS) is 40.5. The smallest absolute Gasteiger partial charge is 0.0594 e. The fourth-order valence-corrected chi connectivity index (χ4v) is 2.07. The summed E-state index contributed by atoms with van der Waals surface area (Å²) in [6.07, 6.45) is 1.86. The molecule has 10 heavy (non-hydrogen) atoms. The molecule has 0 spiro atoms. The van der Waals surface area contributed by atoms with Crippen LogP contribution in [0.2, 0.25) is 0 Å². The van der Waals surface area contributed by atoms with Crippen molar-refractivity contribution < 1.29 is 10.2 Å².